The molecule has 20 heavy (non-hydrogen) atoms. The van der Waals surface area contributed by atoms with E-state index in [-0.39, 0.29) is 11.8 Å². The molecule has 0 aromatic heterocycles. The van der Waals surface area contributed by atoms with E-state index in [1.165, 1.54) is 5.56 Å². The highest BCUT2D eigenvalue weighted by atomic mass is 79.9. The molecular weight excluding hydrogens is 320 g/mol. The van der Waals surface area contributed by atoms with Crippen LogP contribution in [0.3, 0.4) is 0 Å². The normalized spacial score (nSPS) is 16.9. The number of hydrogen-bond acceptors (Lipinski definition) is 3. The van der Waals surface area contributed by atoms with E-state index < -0.39 is 0 Å². The Hall–Kier alpha value is -1.07. The summed E-state index contributed by atoms with van der Waals surface area (Å²) in [6.45, 7) is 2.77. The monoisotopic (exact) mass is 340 g/mol. The summed E-state index contributed by atoms with van der Waals surface area (Å²) >= 11 is 3.50. The molecule has 0 bridgehead atoms. The molecule has 1 aromatic carbocycles. The fourth-order valence-electron chi connectivity index (χ4n) is 2.67. The number of nitrogens with zero attached hydrogens (tertiary/aromatic N) is 1. The average Bonchev–Trinajstić information content (AvgIpc) is 2.47. The maximum atomic E-state index is 11.6. The molecule has 1 aliphatic heterocycles. The Morgan fingerprint density at radius 1 is 1.45 bits per heavy atom. The molecule has 110 valence electrons. The van der Waals surface area contributed by atoms with Crippen LogP contribution in [-0.4, -0.2) is 38.1 Å². The Morgan fingerprint density at radius 2 is 2.15 bits per heavy atom. The van der Waals surface area contributed by atoms with Crippen molar-refractivity contribution in [3.05, 3.63) is 28.2 Å². The number of rotatable bonds is 4. The fraction of sp³-hybridized carbons (Fsp3) is 0.533. The second-order valence-electron chi connectivity index (χ2n) is 5.12. The molecule has 0 spiro atoms. The zero-order chi connectivity index (χ0) is 14.5. The van der Waals surface area contributed by atoms with Gasteiger partial charge in [0.2, 0.25) is 5.91 Å². The molecule has 5 heteroatoms. The van der Waals surface area contributed by atoms with Crippen LogP contribution in [0.25, 0.3) is 0 Å². The first-order valence-corrected chi connectivity index (χ1v) is 7.69. The van der Waals surface area contributed by atoms with Crippen LogP contribution in [0, 0.1) is 5.92 Å². The Morgan fingerprint density at radius 3 is 2.75 bits per heavy atom. The SMILES string of the molecule is CNC(=O)C1CCN(Cc2cc(Br)ccc2OC)CC1. The van der Waals surface area contributed by atoms with Gasteiger partial charge in [-0.25, -0.2) is 0 Å². The molecule has 1 fully saturated rings. The highest BCUT2D eigenvalue weighted by molar-refractivity contribution is 9.10. The van der Waals surface area contributed by atoms with Crippen LogP contribution in [0.5, 0.6) is 5.75 Å². The molecule has 0 aliphatic carbocycles. The van der Waals surface area contributed by atoms with E-state index in [4.69, 9.17) is 4.74 Å². The number of nitrogens with one attached hydrogen (secondary N) is 1. The molecule has 1 aliphatic rings. The van der Waals surface area contributed by atoms with Crippen LogP contribution < -0.4 is 10.1 Å². The quantitative estimate of drug-likeness (QED) is 0.915. The standard InChI is InChI=1S/C15H21BrN2O2/c1-17-15(19)11-5-7-18(8-6-11)10-12-9-13(16)3-4-14(12)20-2/h3-4,9,11H,5-8,10H2,1-2H3,(H,17,19). The molecule has 2 rings (SSSR count). The number of piperidine rings is 1. The number of carbonyl (C=O) groups excluding carboxylic acids is 1. The third-order valence-corrected chi connectivity index (χ3v) is 4.33. The third kappa shape index (κ3) is 3.73. The molecule has 0 atom stereocenters. The second kappa shape index (κ2) is 7.09. The summed E-state index contributed by atoms with van der Waals surface area (Å²) in [5.41, 5.74) is 1.18. The van der Waals surface area contributed by atoms with Gasteiger partial charge < -0.3 is 10.1 Å². The number of likely N-dealkylation sites (tertiary alicyclic amines) is 1. The maximum absolute atomic E-state index is 11.6. The average molecular weight is 341 g/mol. The van der Waals surface area contributed by atoms with Gasteiger partial charge in [0, 0.05) is 29.5 Å². The zero-order valence-corrected chi connectivity index (χ0v) is 13.6. The zero-order valence-electron chi connectivity index (χ0n) is 12.0. The van der Waals surface area contributed by atoms with E-state index in [9.17, 15) is 4.79 Å². The predicted molar refractivity (Wildman–Crippen MR) is 82.8 cm³/mol. The number of carbonyl (C=O) groups is 1. The minimum atomic E-state index is 0.167. The predicted octanol–water partition coefficient (Wildman–Crippen LogP) is 2.42. The largest absolute Gasteiger partial charge is 0.496 e. The number of ether oxygens (including phenoxy) is 1. The van der Waals surface area contributed by atoms with Gasteiger partial charge in [0.05, 0.1) is 7.11 Å². The van der Waals surface area contributed by atoms with E-state index in [2.05, 4.69) is 32.2 Å². The van der Waals surface area contributed by atoms with E-state index in [0.717, 1.165) is 42.7 Å². The summed E-state index contributed by atoms with van der Waals surface area (Å²) in [5.74, 6) is 1.26. The number of methoxy groups -OCH3 is 1. The van der Waals surface area contributed by atoms with Crippen molar-refractivity contribution in [2.24, 2.45) is 5.92 Å². The highest BCUT2D eigenvalue weighted by Gasteiger charge is 2.24. The van der Waals surface area contributed by atoms with Crippen molar-refractivity contribution in [2.75, 3.05) is 27.2 Å². The highest BCUT2D eigenvalue weighted by Crippen LogP contribution is 2.26. The van der Waals surface area contributed by atoms with Crippen LogP contribution in [0.1, 0.15) is 18.4 Å². The van der Waals surface area contributed by atoms with Crippen LogP contribution >= 0.6 is 15.9 Å². The first-order valence-electron chi connectivity index (χ1n) is 6.90. The topological polar surface area (TPSA) is 41.6 Å². The van der Waals surface area contributed by atoms with Crippen LogP contribution in [0.15, 0.2) is 22.7 Å². The molecule has 1 aromatic rings. The summed E-state index contributed by atoms with van der Waals surface area (Å²) in [5, 5.41) is 2.74. The number of hydrogen-bond donors (Lipinski definition) is 1. The van der Waals surface area contributed by atoms with Crippen LogP contribution in [0.2, 0.25) is 0 Å². The molecule has 1 saturated heterocycles. The Labute approximate surface area is 128 Å². The molecule has 1 N–H and O–H groups in total. The molecule has 1 amide bonds. The van der Waals surface area contributed by atoms with Gasteiger partial charge in [-0.15, -0.1) is 0 Å². The lowest BCUT2D eigenvalue weighted by atomic mass is 9.95. The minimum absolute atomic E-state index is 0.167. The summed E-state index contributed by atoms with van der Waals surface area (Å²) in [4.78, 5) is 14.0. The summed E-state index contributed by atoms with van der Waals surface area (Å²) in [6.07, 6.45) is 1.85. The summed E-state index contributed by atoms with van der Waals surface area (Å²) < 4.78 is 6.47. The number of benzene rings is 1. The van der Waals surface area contributed by atoms with Crippen molar-refractivity contribution in [1.29, 1.82) is 0 Å². The Bertz CT molecular complexity index is 471. The van der Waals surface area contributed by atoms with Crippen LogP contribution in [-0.2, 0) is 11.3 Å². The first kappa shape index (κ1) is 15.3. The van der Waals surface area contributed by atoms with E-state index in [1.807, 2.05) is 12.1 Å². The third-order valence-electron chi connectivity index (χ3n) is 3.84. The molecule has 4 nitrogen and oxygen atoms in total. The van der Waals surface area contributed by atoms with Crippen molar-refractivity contribution in [1.82, 2.24) is 10.2 Å². The molecule has 1 heterocycles. The van der Waals surface area contributed by atoms with Crippen molar-refractivity contribution in [3.8, 4) is 5.75 Å². The van der Waals surface area contributed by atoms with Gasteiger partial charge in [0.1, 0.15) is 5.75 Å². The van der Waals surface area contributed by atoms with Gasteiger partial charge in [0.25, 0.3) is 0 Å². The lowest BCUT2D eigenvalue weighted by Crippen LogP contribution is -2.39. The molecular formula is C15H21BrN2O2. The molecule has 0 saturated carbocycles. The Kier molecular flexibility index (Phi) is 5.43. The van der Waals surface area contributed by atoms with Crippen molar-refractivity contribution in [2.45, 2.75) is 19.4 Å². The fourth-order valence-corrected chi connectivity index (χ4v) is 3.08. The second-order valence-corrected chi connectivity index (χ2v) is 6.04. The van der Waals surface area contributed by atoms with Gasteiger partial charge in [-0.05, 0) is 44.1 Å². The van der Waals surface area contributed by atoms with E-state index in [0.29, 0.717) is 0 Å². The summed E-state index contributed by atoms with van der Waals surface area (Å²) in [6, 6.07) is 6.07. The van der Waals surface area contributed by atoms with Gasteiger partial charge in [0.15, 0.2) is 0 Å². The molecule has 0 radical (unpaired) electrons. The van der Waals surface area contributed by atoms with Crippen LogP contribution in [0.4, 0.5) is 0 Å². The van der Waals surface area contributed by atoms with Gasteiger partial charge in [-0.2, -0.15) is 0 Å². The lowest BCUT2D eigenvalue weighted by molar-refractivity contribution is -0.125. The van der Waals surface area contributed by atoms with E-state index in [1.54, 1.807) is 14.2 Å². The number of amides is 1. The summed E-state index contributed by atoms with van der Waals surface area (Å²) in [7, 11) is 3.41. The van der Waals surface area contributed by atoms with Gasteiger partial charge in [-0.3, -0.25) is 9.69 Å². The first-order chi connectivity index (χ1) is 9.63. The van der Waals surface area contributed by atoms with Crippen molar-refractivity contribution < 1.29 is 9.53 Å². The van der Waals surface area contributed by atoms with Crippen molar-refractivity contribution in [3.63, 3.8) is 0 Å². The Balaban J connectivity index is 1.96. The minimum Gasteiger partial charge on any atom is -0.496 e. The lowest BCUT2D eigenvalue weighted by Gasteiger charge is -2.31. The number of halogens is 1. The van der Waals surface area contributed by atoms with Gasteiger partial charge >= 0.3 is 0 Å². The smallest absolute Gasteiger partial charge is 0.222 e. The van der Waals surface area contributed by atoms with Gasteiger partial charge in [-0.1, -0.05) is 15.9 Å². The van der Waals surface area contributed by atoms with E-state index >= 15 is 0 Å². The molecule has 0 unspecified atom stereocenters. The maximum Gasteiger partial charge on any atom is 0.222 e. The van der Waals surface area contributed by atoms with Crippen molar-refractivity contribution >= 4 is 21.8 Å².